The summed E-state index contributed by atoms with van der Waals surface area (Å²) in [7, 11) is 0. The standard InChI is InChI=1S/C12H19N3O2S/c1-2-17-9-3-5-15(6-4-9)12(16)10-8-18-11(7-13)14-10/h8-9H,2-7,13H2,1H3. The van der Waals surface area contributed by atoms with E-state index in [4.69, 9.17) is 10.5 Å². The van der Waals surface area contributed by atoms with Crippen LogP contribution in [0.25, 0.3) is 0 Å². The zero-order valence-electron chi connectivity index (χ0n) is 10.6. The van der Waals surface area contributed by atoms with Crippen molar-refractivity contribution in [3.05, 3.63) is 16.1 Å². The van der Waals surface area contributed by atoms with Gasteiger partial charge in [0.1, 0.15) is 10.7 Å². The summed E-state index contributed by atoms with van der Waals surface area (Å²) in [5, 5.41) is 2.60. The van der Waals surface area contributed by atoms with Crippen molar-refractivity contribution in [3.8, 4) is 0 Å². The zero-order chi connectivity index (χ0) is 13.0. The molecule has 1 amide bonds. The van der Waals surface area contributed by atoms with Gasteiger partial charge in [0.15, 0.2) is 0 Å². The van der Waals surface area contributed by atoms with Gasteiger partial charge in [0.2, 0.25) is 0 Å². The molecule has 1 aliphatic rings. The highest BCUT2D eigenvalue weighted by atomic mass is 32.1. The van der Waals surface area contributed by atoms with E-state index in [0.717, 1.165) is 37.5 Å². The number of thiazole rings is 1. The van der Waals surface area contributed by atoms with Gasteiger partial charge in [-0.05, 0) is 19.8 Å². The minimum absolute atomic E-state index is 0.0147. The zero-order valence-corrected chi connectivity index (χ0v) is 11.4. The van der Waals surface area contributed by atoms with Crippen LogP contribution >= 0.6 is 11.3 Å². The van der Waals surface area contributed by atoms with Crippen molar-refractivity contribution < 1.29 is 9.53 Å². The third-order valence-electron chi connectivity index (χ3n) is 3.08. The summed E-state index contributed by atoms with van der Waals surface area (Å²) in [5.41, 5.74) is 6.02. The molecular formula is C12H19N3O2S. The average molecular weight is 269 g/mol. The van der Waals surface area contributed by atoms with Crippen molar-refractivity contribution in [1.82, 2.24) is 9.88 Å². The van der Waals surface area contributed by atoms with Gasteiger partial charge >= 0.3 is 0 Å². The number of amides is 1. The molecule has 0 saturated carbocycles. The number of rotatable bonds is 4. The fourth-order valence-electron chi connectivity index (χ4n) is 2.13. The molecule has 1 aromatic heterocycles. The van der Waals surface area contributed by atoms with Crippen LogP contribution in [0.3, 0.4) is 0 Å². The SMILES string of the molecule is CCOC1CCN(C(=O)c2csc(CN)n2)CC1. The minimum Gasteiger partial charge on any atom is -0.378 e. The Labute approximate surface area is 111 Å². The molecule has 0 aromatic carbocycles. The van der Waals surface area contributed by atoms with Gasteiger partial charge in [0.05, 0.1) is 6.10 Å². The number of ether oxygens (including phenoxy) is 1. The maximum atomic E-state index is 12.2. The van der Waals surface area contributed by atoms with Crippen LogP contribution < -0.4 is 5.73 Å². The van der Waals surface area contributed by atoms with Crippen LogP contribution in [0.2, 0.25) is 0 Å². The average Bonchev–Trinajstić information content (AvgIpc) is 2.88. The summed E-state index contributed by atoms with van der Waals surface area (Å²) in [5.74, 6) is 0.0147. The summed E-state index contributed by atoms with van der Waals surface area (Å²) >= 11 is 1.44. The lowest BCUT2D eigenvalue weighted by Gasteiger charge is -2.31. The van der Waals surface area contributed by atoms with Crippen molar-refractivity contribution >= 4 is 17.2 Å². The normalized spacial score (nSPS) is 17.1. The third kappa shape index (κ3) is 3.07. The lowest BCUT2D eigenvalue weighted by molar-refractivity contribution is 0.0144. The number of carbonyl (C=O) groups excluding carboxylic acids is 1. The van der Waals surface area contributed by atoms with E-state index >= 15 is 0 Å². The second-order valence-corrected chi connectivity index (χ2v) is 5.22. The molecule has 1 aromatic rings. The number of hydrogen-bond acceptors (Lipinski definition) is 5. The number of aromatic nitrogens is 1. The van der Waals surface area contributed by atoms with E-state index in [1.165, 1.54) is 11.3 Å². The molecule has 0 spiro atoms. The van der Waals surface area contributed by atoms with Crippen LogP contribution in [0.5, 0.6) is 0 Å². The number of carbonyl (C=O) groups is 1. The molecule has 1 aliphatic heterocycles. The van der Waals surface area contributed by atoms with E-state index in [1.54, 1.807) is 5.38 Å². The van der Waals surface area contributed by atoms with Crippen molar-refractivity contribution in [1.29, 1.82) is 0 Å². The van der Waals surface area contributed by atoms with Gasteiger partial charge in [0, 0.05) is 31.6 Å². The molecule has 100 valence electrons. The summed E-state index contributed by atoms with van der Waals surface area (Å²) in [6.07, 6.45) is 2.12. The molecule has 0 atom stereocenters. The molecular weight excluding hydrogens is 250 g/mol. The van der Waals surface area contributed by atoms with Gasteiger partial charge in [-0.3, -0.25) is 4.79 Å². The summed E-state index contributed by atoms with van der Waals surface area (Å²) < 4.78 is 5.57. The maximum absolute atomic E-state index is 12.2. The van der Waals surface area contributed by atoms with Crippen molar-refractivity contribution in [2.24, 2.45) is 5.73 Å². The Hall–Kier alpha value is -0.980. The molecule has 2 rings (SSSR count). The van der Waals surface area contributed by atoms with Crippen LogP contribution in [0.1, 0.15) is 35.3 Å². The van der Waals surface area contributed by atoms with E-state index in [1.807, 2.05) is 11.8 Å². The lowest BCUT2D eigenvalue weighted by Crippen LogP contribution is -2.41. The fraction of sp³-hybridized carbons (Fsp3) is 0.667. The molecule has 0 aliphatic carbocycles. The Morgan fingerprint density at radius 2 is 2.33 bits per heavy atom. The predicted octanol–water partition coefficient (Wildman–Crippen LogP) is 1.24. The second kappa shape index (κ2) is 6.26. The Morgan fingerprint density at radius 1 is 1.61 bits per heavy atom. The van der Waals surface area contributed by atoms with Gasteiger partial charge < -0.3 is 15.4 Å². The maximum Gasteiger partial charge on any atom is 0.273 e. The van der Waals surface area contributed by atoms with Crippen molar-refractivity contribution in [3.63, 3.8) is 0 Å². The summed E-state index contributed by atoms with van der Waals surface area (Å²) in [6.45, 7) is 4.63. The van der Waals surface area contributed by atoms with Crippen LogP contribution in [-0.4, -0.2) is 41.6 Å². The van der Waals surface area contributed by atoms with Gasteiger partial charge in [-0.25, -0.2) is 4.98 Å². The molecule has 5 nitrogen and oxygen atoms in total. The van der Waals surface area contributed by atoms with Crippen LogP contribution in [0, 0.1) is 0 Å². The number of piperidine rings is 1. The second-order valence-electron chi connectivity index (χ2n) is 4.28. The molecule has 0 radical (unpaired) electrons. The molecule has 0 unspecified atom stereocenters. The molecule has 2 heterocycles. The van der Waals surface area contributed by atoms with Gasteiger partial charge in [0.25, 0.3) is 5.91 Å². The van der Waals surface area contributed by atoms with Crippen LogP contribution in [0.15, 0.2) is 5.38 Å². The molecule has 0 bridgehead atoms. The van der Waals surface area contributed by atoms with Crippen LogP contribution in [-0.2, 0) is 11.3 Å². The molecule has 1 fully saturated rings. The van der Waals surface area contributed by atoms with E-state index in [0.29, 0.717) is 18.3 Å². The largest absolute Gasteiger partial charge is 0.378 e. The van der Waals surface area contributed by atoms with Crippen molar-refractivity contribution in [2.75, 3.05) is 19.7 Å². The third-order valence-corrected chi connectivity index (χ3v) is 3.95. The Kier molecular flexibility index (Phi) is 4.68. The highest BCUT2D eigenvalue weighted by molar-refractivity contribution is 7.09. The first-order valence-electron chi connectivity index (χ1n) is 6.30. The first-order chi connectivity index (χ1) is 8.74. The predicted molar refractivity (Wildman–Crippen MR) is 70.6 cm³/mol. The topological polar surface area (TPSA) is 68.5 Å². The number of nitrogens with zero attached hydrogens (tertiary/aromatic N) is 2. The van der Waals surface area contributed by atoms with Crippen LogP contribution in [0.4, 0.5) is 0 Å². The van der Waals surface area contributed by atoms with Gasteiger partial charge in [-0.1, -0.05) is 0 Å². The quantitative estimate of drug-likeness (QED) is 0.893. The van der Waals surface area contributed by atoms with E-state index in [2.05, 4.69) is 4.98 Å². The Balaban J connectivity index is 1.91. The molecule has 18 heavy (non-hydrogen) atoms. The smallest absolute Gasteiger partial charge is 0.273 e. The summed E-state index contributed by atoms with van der Waals surface area (Å²) in [6, 6.07) is 0. The van der Waals surface area contributed by atoms with E-state index in [9.17, 15) is 4.79 Å². The monoisotopic (exact) mass is 269 g/mol. The van der Waals surface area contributed by atoms with Crippen molar-refractivity contribution in [2.45, 2.75) is 32.4 Å². The molecule has 6 heteroatoms. The van der Waals surface area contributed by atoms with E-state index in [-0.39, 0.29) is 5.91 Å². The number of hydrogen-bond donors (Lipinski definition) is 1. The number of likely N-dealkylation sites (tertiary alicyclic amines) is 1. The minimum atomic E-state index is 0.0147. The Morgan fingerprint density at radius 3 is 2.89 bits per heavy atom. The highest BCUT2D eigenvalue weighted by Crippen LogP contribution is 2.17. The Bertz CT molecular complexity index is 400. The number of nitrogens with two attached hydrogens (primary N) is 1. The lowest BCUT2D eigenvalue weighted by atomic mass is 10.1. The summed E-state index contributed by atoms with van der Waals surface area (Å²) in [4.78, 5) is 18.3. The highest BCUT2D eigenvalue weighted by Gasteiger charge is 2.25. The van der Waals surface area contributed by atoms with Gasteiger partial charge in [-0.15, -0.1) is 11.3 Å². The van der Waals surface area contributed by atoms with E-state index < -0.39 is 0 Å². The van der Waals surface area contributed by atoms with Gasteiger partial charge in [-0.2, -0.15) is 0 Å². The molecule has 1 saturated heterocycles. The molecule has 2 N–H and O–H groups in total. The first-order valence-corrected chi connectivity index (χ1v) is 7.18. The first kappa shape index (κ1) is 13.5. The fourth-order valence-corrected chi connectivity index (χ4v) is 2.77.